The molecule has 0 aliphatic carbocycles. The van der Waals surface area contributed by atoms with Crippen LogP contribution in [0.4, 0.5) is 0 Å². The highest BCUT2D eigenvalue weighted by atomic mass is 16.6. The molecule has 0 radical (unpaired) electrons. The van der Waals surface area contributed by atoms with Crippen LogP contribution in [0.2, 0.25) is 0 Å². The summed E-state index contributed by atoms with van der Waals surface area (Å²) in [5, 5.41) is 33.8. The van der Waals surface area contributed by atoms with E-state index in [1.807, 2.05) is 27.7 Å². The monoisotopic (exact) mass is 480 g/mol. The van der Waals surface area contributed by atoms with Crippen molar-refractivity contribution in [2.45, 2.75) is 79.0 Å². The van der Waals surface area contributed by atoms with Crippen molar-refractivity contribution in [2.24, 2.45) is 0 Å². The Morgan fingerprint density at radius 3 is 1.12 bits per heavy atom. The SMILES string of the molecule is C=C(C)C(=O)O.C=C(C)C(=O)O.CC(O)COC(C)COC(C)COC(C)COC(C)CO. The highest BCUT2D eigenvalue weighted by Crippen LogP contribution is 2.02. The van der Waals surface area contributed by atoms with Crippen molar-refractivity contribution >= 4 is 11.9 Å². The zero-order valence-corrected chi connectivity index (χ0v) is 21.1. The van der Waals surface area contributed by atoms with Gasteiger partial charge in [0.1, 0.15) is 0 Å². The van der Waals surface area contributed by atoms with Gasteiger partial charge in [-0.05, 0) is 48.5 Å². The number of aliphatic carboxylic acids is 2. The minimum atomic E-state index is -0.935. The third-order valence-corrected chi connectivity index (χ3v) is 3.46. The minimum absolute atomic E-state index is 0.0105. The average Bonchev–Trinajstić information content (AvgIpc) is 2.73. The molecule has 0 saturated heterocycles. The number of aliphatic hydroxyl groups is 2. The van der Waals surface area contributed by atoms with Crippen molar-refractivity contribution in [2.75, 3.05) is 33.0 Å². The van der Waals surface area contributed by atoms with Crippen LogP contribution in [0.15, 0.2) is 24.3 Å². The topological polar surface area (TPSA) is 152 Å². The fourth-order valence-corrected chi connectivity index (χ4v) is 1.40. The van der Waals surface area contributed by atoms with Crippen LogP contribution in [0.5, 0.6) is 0 Å². The van der Waals surface area contributed by atoms with Crippen molar-refractivity contribution in [1.82, 2.24) is 0 Å². The molecule has 0 amide bonds. The maximum absolute atomic E-state index is 9.60. The zero-order valence-electron chi connectivity index (χ0n) is 21.1. The molecule has 0 aliphatic heterocycles. The molecular weight excluding hydrogens is 436 g/mol. The third kappa shape index (κ3) is 30.2. The van der Waals surface area contributed by atoms with Crippen molar-refractivity contribution in [3.63, 3.8) is 0 Å². The molecule has 0 aliphatic rings. The van der Waals surface area contributed by atoms with E-state index >= 15 is 0 Å². The first kappa shape index (κ1) is 35.8. The summed E-state index contributed by atoms with van der Waals surface area (Å²) in [7, 11) is 0. The molecule has 5 unspecified atom stereocenters. The second-order valence-electron chi connectivity index (χ2n) is 7.78. The molecule has 0 spiro atoms. The smallest absolute Gasteiger partial charge is 0.330 e. The molecule has 0 rings (SSSR count). The lowest BCUT2D eigenvalue weighted by atomic mass is 10.3. The fraction of sp³-hybridized carbons (Fsp3) is 0.739. The van der Waals surface area contributed by atoms with Gasteiger partial charge in [-0.1, -0.05) is 13.2 Å². The zero-order chi connectivity index (χ0) is 26.6. The van der Waals surface area contributed by atoms with E-state index in [-0.39, 0.29) is 42.2 Å². The van der Waals surface area contributed by atoms with E-state index in [2.05, 4.69) is 13.2 Å². The van der Waals surface area contributed by atoms with Gasteiger partial charge in [0.2, 0.25) is 0 Å². The van der Waals surface area contributed by atoms with Crippen LogP contribution < -0.4 is 0 Å². The van der Waals surface area contributed by atoms with E-state index in [0.29, 0.717) is 26.4 Å². The summed E-state index contributed by atoms with van der Waals surface area (Å²) in [6, 6.07) is 0. The highest BCUT2D eigenvalue weighted by Gasteiger charge is 2.11. The molecule has 0 aromatic carbocycles. The molecular formula is C23H44O10. The lowest BCUT2D eigenvalue weighted by Gasteiger charge is -2.21. The maximum atomic E-state index is 9.60. The Labute approximate surface area is 197 Å². The van der Waals surface area contributed by atoms with Gasteiger partial charge in [-0.25, -0.2) is 9.59 Å². The summed E-state index contributed by atoms with van der Waals surface area (Å²) in [4.78, 5) is 19.2. The fourth-order valence-electron chi connectivity index (χ4n) is 1.40. The predicted octanol–water partition coefficient (Wildman–Crippen LogP) is 2.27. The Morgan fingerprint density at radius 2 is 0.909 bits per heavy atom. The van der Waals surface area contributed by atoms with Gasteiger partial charge in [-0.15, -0.1) is 0 Å². The van der Waals surface area contributed by atoms with Crippen molar-refractivity contribution in [3.05, 3.63) is 24.3 Å². The molecule has 0 aromatic rings. The number of carboxylic acids is 2. The molecule has 0 bridgehead atoms. The first-order valence-electron chi connectivity index (χ1n) is 10.7. The first-order valence-corrected chi connectivity index (χ1v) is 10.7. The summed E-state index contributed by atoms with van der Waals surface area (Å²) in [6.07, 6.45) is -0.783. The van der Waals surface area contributed by atoms with E-state index in [9.17, 15) is 9.59 Å². The van der Waals surface area contributed by atoms with Crippen molar-refractivity contribution in [3.8, 4) is 0 Å². The van der Waals surface area contributed by atoms with Crippen molar-refractivity contribution in [1.29, 1.82) is 0 Å². The van der Waals surface area contributed by atoms with Gasteiger partial charge in [0.15, 0.2) is 0 Å². The van der Waals surface area contributed by atoms with Gasteiger partial charge >= 0.3 is 11.9 Å². The van der Waals surface area contributed by atoms with E-state index in [1.54, 1.807) is 6.92 Å². The predicted molar refractivity (Wildman–Crippen MR) is 125 cm³/mol. The molecule has 10 nitrogen and oxygen atoms in total. The summed E-state index contributed by atoms with van der Waals surface area (Å²) >= 11 is 0. The van der Waals surface area contributed by atoms with Gasteiger partial charge in [-0.2, -0.15) is 0 Å². The summed E-state index contributed by atoms with van der Waals surface area (Å²) in [5.74, 6) is -1.87. The van der Waals surface area contributed by atoms with Crippen LogP contribution >= 0.6 is 0 Å². The molecule has 0 fully saturated rings. The Balaban J connectivity index is -0.000000611. The van der Waals surface area contributed by atoms with Crippen LogP contribution in [-0.2, 0) is 28.5 Å². The Morgan fingerprint density at radius 1 is 0.667 bits per heavy atom. The van der Waals surface area contributed by atoms with Gasteiger partial charge in [0.05, 0.1) is 63.6 Å². The molecule has 4 N–H and O–H groups in total. The molecule has 33 heavy (non-hydrogen) atoms. The lowest BCUT2D eigenvalue weighted by molar-refractivity contribution is -0.133. The van der Waals surface area contributed by atoms with E-state index in [4.69, 9.17) is 39.4 Å². The molecule has 0 heterocycles. The van der Waals surface area contributed by atoms with Crippen LogP contribution in [0.25, 0.3) is 0 Å². The largest absolute Gasteiger partial charge is 0.478 e. The molecule has 10 heteroatoms. The standard InChI is InChI=1S/C15H32O6.2C4H6O2/c1-11(17)7-18-13(3)9-20-15(5)10-21-14(4)8-19-12(2)6-16;2*1-3(2)4(5)6/h11-17H,6-10H2,1-5H3;2*1H2,2H3,(H,5,6). The molecule has 0 saturated carbocycles. The Kier molecular flexibility index (Phi) is 23.8. The third-order valence-electron chi connectivity index (χ3n) is 3.46. The molecule has 0 aromatic heterocycles. The number of aliphatic hydroxyl groups excluding tert-OH is 2. The van der Waals surface area contributed by atoms with Crippen LogP contribution in [0, 0.1) is 0 Å². The number of carboxylic acid groups (broad SMARTS) is 2. The minimum Gasteiger partial charge on any atom is -0.478 e. The molecule has 5 atom stereocenters. The van der Waals surface area contributed by atoms with Gasteiger partial charge in [0.25, 0.3) is 0 Å². The Bertz CT molecular complexity index is 499. The summed E-state index contributed by atoms with van der Waals surface area (Å²) < 4.78 is 22.0. The average molecular weight is 481 g/mol. The van der Waals surface area contributed by atoms with E-state index in [0.717, 1.165) is 0 Å². The number of hydrogen-bond donors (Lipinski definition) is 4. The van der Waals surface area contributed by atoms with Gasteiger partial charge in [-0.3, -0.25) is 0 Å². The van der Waals surface area contributed by atoms with E-state index in [1.165, 1.54) is 13.8 Å². The number of hydrogen-bond acceptors (Lipinski definition) is 8. The van der Waals surface area contributed by atoms with Crippen LogP contribution in [0.1, 0.15) is 48.5 Å². The number of rotatable bonds is 15. The first-order chi connectivity index (χ1) is 15.1. The Hall–Kier alpha value is -1.82. The normalized spacial score (nSPS) is 14.8. The van der Waals surface area contributed by atoms with Crippen molar-refractivity contribution < 1.29 is 49.0 Å². The second kappa shape index (κ2) is 22.0. The van der Waals surface area contributed by atoms with Gasteiger partial charge < -0.3 is 39.4 Å². The van der Waals surface area contributed by atoms with E-state index < -0.39 is 18.0 Å². The lowest BCUT2D eigenvalue weighted by Crippen LogP contribution is -2.28. The van der Waals surface area contributed by atoms with Gasteiger partial charge in [0, 0.05) is 11.1 Å². The van der Waals surface area contributed by atoms with Crippen LogP contribution in [0.3, 0.4) is 0 Å². The summed E-state index contributed by atoms with van der Waals surface area (Å²) in [5.41, 5.74) is 0.352. The highest BCUT2D eigenvalue weighted by molar-refractivity contribution is 5.85. The summed E-state index contributed by atoms with van der Waals surface area (Å²) in [6.45, 7) is 20.2. The quantitative estimate of drug-likeness (QED) is 0.257. The maximum Gasteiger partial charge on any atom is 0.330 e. The number of carbonyl (C=O) groups is 2. The van der Waals surface area contributed by atoms with Crippen LogP contribution in [-0.4, -0.2) is 95.9 Å². The second-order valence-corrected chi connectivity index (χ2v) is 7.78. The number of ether oxygens (including phenoxy) is 4. The molecule has 196 valence electrons.